The van der Waals surface area contributed by atoms with Crippen LogP contribution in [0, 0.1) is 23.2 Å². The zero-order chi connectivity index (χ0) is 38.5. The van der Waals surface area contributed by atoms with Gasteiger partial charge in [-0.25, -0.2) is 0 Å². The van der Waals surface area contributed by atoms with E-state index >= 15 is 0 Å². The third-order valence-electron chi connectivity index (χ3n) is 12.9. The molecule has 6 aromatic carbocycles. The maximum absolute atomic E-state index is 9.87. The summed E-state index contributed by atoms with van der Waals surface area (Å²) in [7, 11) is 0. The standard InChI is InChI=1S/C54H45N3/c1-36-30-38(35-55)32-40(31-36)53(56)46(33-37-16-5-2-6-17-37)39-18-15-23-43(34-39)57-49-27-14-12-25-45(49)52-50(57)29-28-48-51(52)44-24-11-13-26-47(44)54(48,41-19-7-3-8-20-41)42-21-9-4-10-22-42/h2-27,29-30,32,34,36,46,48,53H,28,31,33,56H2,1H3/t36?,46-,48?,53?/m1/s1. The topological polar surface area (TPSA) is 54.7 Å². The molecule has 0 fully saturated rings. The fourth-order valence-electron chi connectivity index (χ4n) is 10.6. The molecule has 3 nitrogen and oxygen atoms in total. The molecule has 4 atom stereocenters. The second kappa shape index (κ2) is 14.2. The summed E-state index contributed by atoms with van der Waals surface area (Å²) in [6, 6.07) is 62.4. The molecule has 0 spiro atoms. The number of nitriles is 1. The summed E-state index contributed by atoms with van der Waals surface area (Å²) < 4.78 is 2.49. The Balaban J connectivity index is 1.19. The molecule has 0 saturated carbocycles. The average molecular weight is 736 g/mol. The van der Waals surface area contributed by atoms with Crippen LogP contribution in [0.15, 0.2) is 187 Å². The van der Waals surface area contributed by atoms with Gasteiger partial charge in [-0.2, -0.15) is 5.26 Å². The van der Waals surface area contributed by atoms with Crippen LogP contribution in [-0.2, 0) is 11.8 Å². The van der Waals surface area contributed by atoms with Gasteiger partial charge in [0.25, 0.3) is 0 Å². The van der Waals surface area contributed by atoms with Crippen LogP contribution < -0.4 is 16.3 Å². The molecule has 1 heterocycles. The predicted octanol–water partition coefficient (Wildman–Crippen LogP) is 10.0. The first-order chi connectivity index (χ1) is 28.1. The highest BCUT2D eigenvalue weighted by Gasteiger charge is 2.52. The first kappa shape index (κ1) is 35.0. The molecule has 0 radical (unpaired) electrons. The molecule has 3 aliphatic carbocycles. The molecule has 57 heavy (non-hydrogen) atoms. The van der Waals surface area contributed by atoms with Crippen molar-refractivity contribution >= 4 is 22.6 Å². The summed E-state index contributed by atoms with van der Waals surface area (Å²) in [5.74, 6) is 0.500. The molecular weight excluding hydrogens is 691 g/mol. The average Bonchev–Trinajstić information content (AvgIpc) is 3.77. The number of nitrogens with zero attached hydrogens (tertiary/aromatic N) is 2. The van der Waals surface area contributed by atoms with Crippen LogP contribution >= 0.6 is 0 Å². The number of allylic oxidation sites excluding steroid dienone is 3. The van der Waals surface area contributed by atoms with Crippen LogP contribution in [0.25, 0.3) is 28.2 Å². The maximum Gasteiger partial charge on any atom is 0.0988 e. The van der Waals surface area contributed by atoms with Crippen molar-refractivity contribution in [1.29, 1.82) is 5.26 Å². The zero-order valence-electron chi connectivity index (χ0n) is 32.2. The Labute approximate surface area is 335 Å². The van der Waals surface area contributed by atoms with Crippen LogP contribution in [0.4, 0.5) is 0 Å². The molecule has 3 unspecified atom stereocenters. The number of nitrogens with two attached hydrogens (primary N) is 1. The summed E-state index contributed by atoms with van der Waals surface area (Å²) in [5, 5.41) is 13.7. The van der Waals surface area contributed by atoms with E-state index in [2.05, 4.69) is 194 Å². The maximum atomic E-state index is 9.87. The minimum absolute atomic E-state index is 0.0169. The Hall–Kier alpha value is -6.47. The van der Waals surface area contributed by atoms with E-state index < -0.39 is 0 Å². The van der Waals surface area contributed by atoms with Crippen LogP contribution in [0.3, 0.4) is 0 Å². The lowest BCUT2D eigenvalue weighted by atomic mass is 9.63. The highest BCUT2D eigenvalue weighted by Crippen LogP contribution is 2.58. The highest BCUT2D eigenvalue weighted by molar-refractivity contribution is 5.92. The molecule has 0 amide bonds. The van der Waals surface area contributed by atoms with Gasteiger partial charge in [-0.1, -0.05) is 170 Å². The van der Waals surface area contributed by atoms with Gasteiger partial charge >= 0.3 is 0 Å². The Kier molecular flexibility index (Phi) is 8.73. The lowest BCUT2D eigenvalue weighted by Gasteiger charge is -2.38. The summed E-state index contributed by atoms with van der Waals surface area (Å²) >= 11 is 0. The monoisotopic (exact) mass is 735 g/mol. The molecule has 0 bridgehead atoms. The van der Waals surface area contributed by atoms with Gasteiger partial charge in [0.1, 0.15) is 0 Å². The molecule has 3 aliphatic rings. The summed E-state index contributed by atoms with van der Waals surface area (Å²) in [6.45, 7) is 2.18. The van der Waals surface area contributed by atoms with Crippen molar-refractivity contribution < 1.29 is 0 Å². The van der Waals surface area contributed by atoms with Crippen molar-refractivity contribution in [1.82, 2.24) is 4.57 Å². The Morgan fingerprint density at radius 1 is 0.772 bits per heavy atom. The number of benzene rings is 6. The van der Waals surface area contributed by atoms with Gasteiger partial charge in [-0.15, -0.1) is 0 Å². The smallest absolute Gasteiger partial charge is 0.0988 e. The van der Waals surface area contributed by atoms with Gasteiger partial charge in [0.05, 0.1) is 22.4 Å². The van der Waals surface area contributed by atoms with Gasteiger partial charge in [0, 0.05) is 39.7 Å². The molecule has 10 rings (SSSR count). The fraction of sp³-hybridized carbons (Fsp3) is 0.167. The number of rotatable bonds is 8. The minimum atomic E-state index is -0.335. The normalized spacial score (nSPS) is 18.9. The van der Waals surface area contributed by atoms with E-state index in [1.165, 1.54) is 60.4 Å². The predicted molar refractivity (Wildman–Crippen MR) is 233 cm³/mol. The summed E-state index contributed by atoms with van der Waals surface area (Å²) in [4.78, 5) is 0. The largest absolute Gasteiger partial charge is 0.324 e. The third kappa shape index (κ3) is 5.67. The van der Waals surface area contributed by atoms with E-state index in [0.29, 0.717) is 5.57 Å². The van der Waals surface area contributed by atoms with E-state index in [0.717, 1.165) is 30.5 Å². The third-order valence-corrected chi connectivity index (χ3v) is 12.9. The van der Waals surface area contributed by atoms with Gasteiger partial charge in [0.2, 0.25) is 0 Å². The number of fused-ring (bicyclic) bond motifs is 6. The first-order valence-corrected chi connectivity index (χ1v) is 20.3. The van der Waals surface area contributed by atoms with E-state index in [4.69, 9.17) is 5.73 Å². The van der Waals surface area contributed by atoms with Crippen molar-refractivity contribution in [2.45, 2.75) is 43.6 Å². The summed E-state index contributed by atoms with van der Waals surface area (Å²) in [5.41, 5.74) is 20.5. The second-order valence-electron chi connectivity index (χ2n) is 16.2. The molecule has 2 N–H and O–H groups in total. The molecule has 1 aromatic heterocycles. The van der Waals surface area contributed by atoms with E-state index in [-0.39, 0.29) is 29.2 Å². The van der Waals surface area contributed by atoms with Gasteiger partial charge in [-0.05, 0) is 88.4 Å². The van der Waals surface area contributed by atoms with Gasteiger partial charge in [0.15, 0.2) is 0 Å². The fourth-order valence-corrected chi connectivity index (χ4v) is 10.6. The lowest BCUT2D eigenvalue weighted by molar-refractivity contribution is 0.490. The highest BCUT2D eigenvalue weighted by atomic mass is 15.0. The first-order valence-electron chi connectivity index (χ1n) is 20.3. The van der Waals surface area contributed by atoms with Crippen molar-refractivity contribution in [3.63, 3.8) is 0 Å². The second-order valence-corrected chi connectivity index (χ2v) is 16.2. The van der Waals surface area contributed by atoms with Crippen molar-refractivity contribution in [2.75, 3.05) is 0 Å². The van der Waals surface area contributed by atoms with Gasteiger partial charge in [-0.3, -0.25) is 0 Å². The lowest BCUT2D eigenvalue weighted by Crippen LogP contribution is -2.40. The van der Waals surface area contributed by atoms with Crippen molar-refractivity contribution in [2.24, 2.45) is 17.6 Å². The van der Waals surface area contributed by atoms with Gasteiger partial charge < -0.3 is 10.3 Å². The number of aromatic nitrogens is 1. The Bertz CT molecular complexity index is 2830. The quantitative estimate of drug-likeness (QED) is 0.169. The SMILES string of the molecule is CC1C=C(C#N)C=C(C(N)[C@H](Cc2ccccc2)c2cccc(-n3c4c(c5ccccc53)=C3c5ccccc5C(c5ccccc5)(c5ccccc5)C3CC=4)c2)C1. The van der Waals surface area contributed by atoms with Crippen LogP contribution in [0.2, 0.25) is 0 Å². The molecule has 3 heteroatoms. The molecular formula is C54H45N3. The zero-order valence-corrected chi connectivity index (χ0v) is 32.2. The molecule has 0 saturated heterocycles. The van der Waals surface area contributed by atoms with E-state index in [1.807, 2.05) is 6.08 Å². The van der Waals surface area contributed by atoms with Crippen LogP contribution in [0.5, 0.6) is 0 Å². The summed E-state index contributed by atoms with van der Waals surface area (Å²) in [6.07, 6.45) is 9.18. The Morgan fingerprint density at radius 2 is 1.44 bits per heavy atom. The van der Waals surface area contributed by atoms with Crippen LogP contribution in [-0.4, -0.2) is 10.6 Å². The van der Waals surface area contributed by atoms with E-state index in [1.54, 1.807) is 0 Å². The number of hydrogen-bond acceptors (Lipinski definition) is 2. The molecule has 7 aromatic rings. The molecule has 276 valence electrons. The molecule has 0 aliphatic heterocycles. The van der Waals surface area contributed by atoms with E-state index in [9.17, 15) is 5.26 Å². The number of para-hydroxylation sites is 1. The number of hydrogen-bond donors (Lipinski definition) is 1. The Morgan fingerprint density at radius 3 is 2.18 bits per heavy atom. The van der Waals surface area contributed by atoms with Crippen molar-refractivity contribution in [3.05, 3.63) is 231 Å². The minimum Gasteiger partial charge on any atom is -0.324 e. The van der Waals surface area contributed by atoms with Crippen LogP contribution in [0.1, 0.15) is 59.1 Å². The van der Waals surface area contributed by atoms with Crippen molar-refractivity contribution in [3.8, 4) is 11.8 Å².